The van der Waals surface area contributed by atoms with Crippen molar-refractivity contribution in [3.63, 3.8) is 0 Å². The van der Waals surface area contributed by atoms with E-state index in [0.717, 1.165) is 37.9 Å². The van der Waals surface area contributed by atoms with Crippen molar-refractivity contribution in [1.29, 1.82) is 0 Å². The minimum absolute atomic E-state index is 0.173. The number of hydrogen-bond acceptors (Lipinski definition) is 4. The van der Waals surface area contributed by atoms with Crippen LogP contribution in [0.25, 0.3) is 0 Å². The fraction of sp³-hybridized carbons (Fsp3) is 0.455. The number of nitro groups is 1. The number of piperidine rings is 1. The van der Waals surface area contributed by atoms with Gasteiger partial charge in [0.15, 0.2) is 0 Å². The highest BCUT2D eigenvalue weighted by atomic mass is 16.6. The first kappa shape index (κ1) is 18.0. The monoisotopic (exact) mass is 366 g/mol. The Bertz CT molecular complexity index is 838. The summed E-state index contributed by atoms with van der Waals surface area (Å²) in [5, 5.41) is 20.9. The van der Waals surface area contributed by atoms with E-state index in [4.69, 9.17) is 0 Å². The predicted octanol–water partition coefficient (Wildman–Crippen LogP) is 4.43. The van der Waals surface area contributed by atoms with E-state index in [0.29, 0.717) is 11.8 Å². The third kappa shape index (κ3) is 3.69. The van der Waals surface area contributed by atoms with Crippen molar-refractivity contribution < 1.29 is 10.0 Å². The molecule has 2 atom stereocenters. The number of non-ortho nitro benzene ring substituents is 1. The maximum absolute atomic E-state index is 11.0. The SMILES string of the molecule is O=[N+]([O-])c1cccc(CCN2CC[C@]3(c4cccc(O)c4)CCC[C@H]2C3)c1. The Labute approximate surface area is 159 Å². The van der Waals surface area contributed by atoms with E-state index in [2.05, 4.69) is 11.0 Å². The quantitative estimate of drug-likeness (QED) is 0.628. The van der Waals surface area contributed by atoms with E-state index in [1.807, 2.05) is 18.2 Å². The number of benzene rings is 2. The fourth-order valence-electron chi connectivity index (χ4n) is 5.05. The van der Waals surface area contributed by atoms with Crippen molar-refractivity contribution in [3.05, 3.63) is 69.8 Å². The van der Waals surface area contributed by atoms with Gasteiger partial charge < -0.3 is 5.11 Å². The van der Waals surface area contributed by atoms with Crippen molar-refractivity contribution in [1.82, 2.24) is 4.90 Å². The van der Waals surface area contributed by atoms with Gasteiger partial charge in [-0.15, -0.1) is 0 Å². The summed E-state index contributed by atoms with van der Waals surface area (Å²) < 4.78 is 0. The van der Waals surface area contributed by atoms with Gasteiger partial charge in [-0.05, 0) is 67.3 Å². The van der Waals surface area contributed by atoms with Crippen LogP contribution in [-0.2, 0) is 11.8 Å². The molecule has 5 nitrogen and oxygen atoms in total. The first-order chi connectivity index (χ1) is 13.1. The predicted molar refractivity (Wildman–Crippen MR) is 105 cm³/mol. The first-order valence-electron chi connectivity index (χ1n) is 9.83. The van der Waals surface area contributed by atoms with Crippen molar-refractivity contribution >= 4 is 5.69 Å². The average molecular weight is 366 g/mol. The lowest BCUT2D eigenvalue weighted by atomic mass is 9.63. The van der Waals surface area contributed by atoms with Crippen molar-refractivity contribution in [3.8, 4) is 5.75 Å². The summed E-state index contributed by atoms with van der Waals surface area (Å²) in [5.74, 6) is 0.358. The van der Waals surface area contributed by atoms with Crippen LogP contribution in [0.15, 0.2) is 48.5 Å². The average Bonchev–Trinajstić information content (AvgIpc) is 2.68. The molecule has 0 aromatic heterocycles. The van der Waals surface area contributed by atoms with Crippen molar-refractivity contribution in [2.24, 2.45) is 0 Å². The summed E-state index contributed by atoms with van der Waals surface area (Å²) in [5.41, 5.74) is 2.69. The molecule has 142 valence electrons. The molecule has 1 saturated heterocycles. The number of hydrogen-bond donors (Lipinski definition) is 1. The number of fused-ring (bicyclic) bond motifs is 2. The Morgan fingerprint density at radius 1 is 1.19 bits per heavy atom. The molecule has 0 spiro atoms. The standard InChI is InChI=1S/C22H26N2O3/c25-21-8-2-5-18(15-21)22-10-3-7-20(16-22)23(13-11-22)12-9-17-4-1-6-19(14-17)24(26)27/h1-2,4-6,8,14-15,20,25H,3,7,9-13,16H2/t20-,22+/m0/s1. The molecule has 1 aliphatic carbocycles. The molecule has 2 aromatic rings. The highest BCUT2D eigenvalue weighted by Crippen LogP contribution is 2.47. The Kier molecular flexibility index (Phi) is 4.87. The highest BCUT2D eigenvalue weighted by molar-refractivity contribution is 5.35. The molecule has 2 fully saturated rings. The summed E-state index contributed by atoms with van der Waals surface area (Å²) in [6.07, 6.45) is 6.74. The van der Waals surface area contributed by atoms with Gasteiger partial charge in [0.25, 0.3) is 5.69 Å². The molecule has 5 heteroatoms. The second-order valence-electron chi connectivity index (χ2n) is 8.04. The number of aromatic hydroxyl groups is 1. The Balaban J connectivity index is 1.44. The molecule has 2 aromatic carbocycles. The van der Waals surface area contributed by atoms with Gasteiger partial charge in [0.2, 0.25) is 0 Å². The summed E-state index contributed by atoms with van der Waals surface area (Å²) in [4.78, 5) is 13.2. The molecule has 0 amide bonds. The van der Waals surface area contributed by atoms with Crippen LogP contribution < -0.4 is 0 Å². The van der Waals surface area contributed by atoms with Crippen LogP contribution in [0.1, 0.15) is 43.2 Å². The minimum Gasteiger partial charge on any atom is -0.508 e. The lowest BCUT2D eigenvalue weighted by Crippen LogP contribution is -2.52. The smallest absolute Gasteiger partial charge is 0.269 e. The summed E-state index contributed by atoms with van der Waals surface area (Å²) >= 11 is 0. The fourth-order valence-corrected chi connectivity index (χ4v) is 5.05. The van der Waals surface area contributed by atoms with Crippen molar-refractivity contribution in [2.75, 3.05) is 13.1 Å². The normalized spacial score (nSPS) is 25.3. The second kappa shape index (κ2) is 7.31. The van der Waals surface area contributed by atoms with Crippen LogP contribution in [-0.4, -0.2) is 34.1 Å². The van der Waals surface area contributed by atoms with Crippen LogP contribution in [0.5, 0.6) is 5.75 Å². The molecule has 1 N–H and O–H groups in total. The first-order valence-corrected chi connectivity index (χ1v) is 9.83. The Morgan fingerprint density at radius 3 is 2.85 bits per heavy atom. The largest absolute Gasteiger partial charge is 0.508 e. The van der Waals surface area contributed by atoms with Gasteiger partial charge >= 0.3 is 0 Å². The third-order valence-corrected chi connectivity index (χ3v) is 6.48. The van der Waals surface area contributed by atoms with Gasteiger partial charge in [0.1, 0.15) is 5.75 Å². The molecule has 2 aliphatic rings. The number of phenols is 1. The molecule has 1 saturated carbocycles. The lowest BCUT2D eigenvalue weighted by molar-refractivity contribution is -0.384. The van der Waals surface area contributed by atoms with Crippen LogP contribution in [0.3, 0.4) is 0 Å². The highest BCUT2D eigenvalue weighted by Gasteiger charge is 2.43. The van der Waals surface area contributed by atoms with Crippen LogP contribution in [0.2, 0.25) is 0 Å². The maximum atomic E-state index is 11.0. The van der Waals surface area contributed by atoms with E-state index in [9.17, 15) is 15.2 Å². The van der Waals surface area contributed by atoms with E-state index < -0.39 is 0 Å². The van der Waals surface area contributed by atoms with Crippen molar-refractivity contribution in [2.45, 2.75) is 50.0 Å². The van der Waals surface area contributed by atoms with Gasteiger partial charge in [0, 0.05) is 24.7 Å². The molecule has 1 heterocycles. The minimum atomic E-state index is -0.324. The number of nitrogens with zero attached hydrogens (tertiary/aromatic N) is 2. The van der Waals surface area contributed by atoms with Gasteiger partial charge in [-0.25, -0.2) is 0 Å². The molecule has 0 radical (unpaired) electrons. The Morgan fingerprint density at radius 2 is 2.04 bits per heavy atom. The van der Waals surface area contributed by atoms with Gasteiger partial charge in [-0.1, -0.05) is 30.7 Å². The topological polar surface area (TPSA) is 66.6 Å². The van der Waals surface area contributed by atoms with E-state index in [-0.39, 0.29) is 16.0 Å². The van der Waals surface area contributed by atoms with Gasteiger partial charge in [0.05, 0.1) is 4.92 Å². The molecular weight excluding hydrogens is 340 g/mol. The molecule has 27 heavy (non-hydrogen) atoms. The summed E-state index contributed by atoms with van der Waals surface area (Å²) in [6.45, 7) is 2.00. The van der Waals surface area contributed by atoms with E-state index in [1.165, 1.54) is 24.8 Å². The molecule has 1 aliphatic heterocycles. The molecule has 0 unspecified atom stereocenters. The van der Waals surface area contributed by atoms with Gasteiger partial charge in [-0.3, -0.25) is 15.0 Å². The van der Waals surface area contributed by atoms with Crippen LogP contribution in [0, 0.1) is 10.1 Å². The molecule has 2 bridgehead atoms. The third-order valence-electron chi connectivity index (χ3n) is 6.48. The molecular formula is C22H26N2O3. The number of rotatable bonds is 5. The van der Waals surface area contributed by atoms with Crippen LogP contribution in [0.4, 0.5) is 5.69 Å². The summed E-state index contributed by atoms with van der Waals surface area (Å²) in [7, 11) is 0. The van der Waals surface area contributed by atoms with E-state index in [1.54, 1.807) is 24.3 Å². The lowest BCUT2D eigenvalue weighted by Gasteiger charge is -2.51. The number of phenolic OH excluding ortho intramolecular Hbond substituents is 1. The zero-order chi connectivity index (χ0) is 18.9. The Hall–Kier alpha value is -2.40. The second-order valence-corrected chi connectivity index (χ2v) is 8.04. The van der Waals surface area contributed by atoms with Gasteiger partial charge in [-0.2, -0.15) is 0 Å². The summed E-state index contributed by atoms with van der Waals surface area (Å²) in [6, 6.07) is 15.4. The zero-order valence-corrected chi connectivity index (χ0v) is 15.5. The van der Waals surface area contributed by atoms with E-state index >= 15 is 0 Å². The number of nitro benzene ring substituents is 1. The zero-order valence-electron chi connectivity index (χ0n) is 15.5. The van der Waals surface area contributed by atoms with Crippen LogP contribution >= 0.6 is 0 Å². The number of likely N-dealkylation sites (tertiary alicyclic amines) is 1. The maximum Gasteiger partial charge on any atom is 0.269 e. The molecule has 4 rings (SSSR count).